The first-order chi connectivity index (χ1) is 18.1. The lowest BCUT2D eigenvalue weighted by Gasteiger charge is -2.24. The van der Waals surface area contributed by atoms with Gasteiger partial charge in [-0.2, -0.15) is 5.10 Å². The van der Waals surface area contributed by atoms with Gasteiger partial charge in [-0.15, -0.1) is 0 Å². The zero-order valence-corrected chi connectivity index (χ0v) is 21.2. The molecule has 3 heterocycles. The van der Waals surface area contributed by atoms with Gasteiger partial charge < -0.3 is 20.1 Å². The summed E-state index contributed by atoms with van der Waals surface area (Å²) in [7, 11) is 2.44. The number of hydrogen-bond acceptors (Lipinski definition) is 8. The SMILES string of the molecule is COc1ccc(NC=O)c(C2CC2c2ccc3c(Nc4ncc(C5CS(=O)C5)nc4OC)n[nH]c3c2)c1. The average Bonchev–Trinajstić information content (AvgIpc) is 3.61. The molecule has 11 heteroatoms. The second kappa shape index (κ2) is 9.47. The molecule has 0 radical (unpaired) electrons. The van der Waals surface area contributed by atoms with Crippen molar-refractivity contribution in [1.29, 1.82) is 0 Å². The number of aromatic nitrogens is 4. The van der Waals surface area contributed by atoms with E-state index in [9.17, 15) is 9.00 Å². The maximum absolute atomic E-state index is 11.5. The van der Waals surface area contributed by atoms with E-state index in [-0.39, 0.29) is 5.92 Å². The molecular weight excluding hydrogens is 492 g/mol. The van der Waals surface area contributed by atoms with Gasteiger partial charge in [0.25, 0.3) is 5.88 Å². The van der Waals surface area contributed by atoms with Gasteiger partial charge in [0.1, 0.15) is 5.75 Å². The van der Waals surface area contributed by atoms with Crippen molar-refractivity contribution in [2.75, 3.05) is 36.4 Å². The number of rotatable bonds is 9. The highest BCUT2D eigenvalue weighted by molar-refractivity contribution is 7.86. The van der Waals surface area contributed by atoms with E-state index in [0.29, 0.717) is 47.3 Å². The predicted octanol–water partition coefficient (Wildman–Crippen LogP) is 3.80. The normalized spacial score (nSPS) is 22.2. The van der Waals surface area contributed by atoms with Crippen molar-refractivity contribution in [2.45, 2.75) is 24.2 Å². The molecule has 37 heavy (non-hydrogen) atoms. The number of nitrogens with one attached hydrogen (secondary N) is 3. The molecule has 1 aliphatic heterocycles. The maximum atomic E-state index is 11.5. The first-order valence-electron chi connectivity index (χ1n) is 12.0. The van der Waals surface area contributed by atoms with Crippen molar-refractivity contribution in [3.8, 4) is 11.6 Å². The molecule has 1 saturated heterocycles. The Balaban J connectivity index is 1.22. The lowest BCUT2D eigenvalue weighted by atomic mass is 10.0. The van der Waals surface area contributed by atoms with Crippen LogP contribution in [0.3, 0.4) is 0 Å². The van der Waals surface area contributed by atoms with Crippen LogP contribution < -0.4 is 20.1 Å². The molecule has 6 rings (SSSR count). The Bertz CT molecular complexity index is 1510. The molecule has 4 aromatic rings. The number of benzene rings is 2. The molecule has 190 valence electrons. The van der Waals surface area contributed by atoms with Crippen LogP contribution in [0.15, 0.2) is 42.6 Å². The molecule has 2 aliphatic rings. The number of aromatic amines is 1. The number of anilines is 3. The van der Waals surface area contributed by atoms with Gasteiger partial charge in [-0.05, 0) is 59.7 Å². The summed E-state index contributed by atoms with van der Waals surface area (Å²) in [6.07, 6.45) is 3.40. The zero-order valence-electron chi connectivity index (χ0n) is 20.4. The summed E-state index contributed by atoms with van der Waals surface area (Å²) in [6.45, 7) is 0. The Labute approximate surface area is 215 Å². The topological polar surface area (TPSA) is 131 Å². The molecule has 2 atom stereocenters. The van der Waals surface area contributed by atoms with Crippen LogP contribution in [-0.4, -0.2) is 56.5 Å². The van der Waals surface area contributed by atoms with E-state index in [2.05, 4.69) is 42.9 Å². The Hall–Kier alpha value is -3.99. The summed E-state index contributed by atoms with van der Waals surface area (Å²) in [4.78, 5) is 20.2. The van der Waals surface area contributed by atoms with Crippen LogP contribution in [0, 0.1) is 0 Å². The van der Waals surface area contributed by atoms with Crippen LogP contribution in [0.25, 0.3) is 10.9 Å². The fourth-order valence-corrected chi connectivity index (χ4v) is 6.07. The standard InChI is InChI=1S/C26H26N6O4S/c1-35-16-4-6-21(28-13-33)20(8-16)19-9-18(19)14-3-5-17-22(7-14)31-32-24(17)30-25-26(36-2)29-23(10-27-25)15-11-37(34)12-15/h3-8,10,13,15,18-19H,9,11-12H2,1-2H3,(H,28,33)(H2,27,30,31,32). The Morgan fingerprint density at radius 2 is 1.95 bits per heavy atom. The van der Waals surface area contributed by atoms with Crippen molar-refractivity contribution >= 4 is 45.4 Å². The molecule has 2 fully saturated rings. The molecule has 10 nitrogen and oxygen atoms in total. The van der Waals surface area contributed by atoms with Crippen molar-refractivity contribution in [1.82, 2.24) is 20.2 Å². The minimum atomic E-state index is -0.758. The van der Waals surface area contributed by atoms with Gasteiger partial charge in [-0.3, -0.25) is 14.1 Å². The summed E-state index contributed by atoms with van der Waals surface area (Å²) in [6, 6.07) is 12.0. The highest BCUT2D eigenvalue weighted by atomic mass is 32.2. The van der Waals surface area contributed by atoms with Crippen LogP contribution >= 0.6 is 0 Å². The third-order valence-corrected chi connectivity index (χ3v) is 8.61. The number of methoxy groups -OCH3 is 2. The number of amides is 1. The minimum absolute atomic E-state index is 0.162. The molecule has 3 N–H and O–H groups in total. The van der Waals surface area contributed by atoms with E-state index in [4.69, 9.17) is 9.47 Å². The number of carbonyl (C=O) groups excluding carboxylic acids is 1. The van der Waals surface area contributed by atoms with Crippen LogP contribution in [0.4, 0.5) is 17.3 Å². The fraction of sp³-hybridized carbons (Fsp3) is 0.308. The summed E-state index contributed by atoms with van der Waals surface area (Å²) >= 11 is 0. The second-order valence-corrected chi connectivity index (χ2v) is 10.8. The summed E-state index contributed by atoms with van der Waals surface area (Å²) in [5.41, 5.74) is 4.78. The van der Waals surface area contributed by atoms with Gasteiger partial charge >= 0.3 is 0 Å². The van der Waals surface area contributed by atoms with Crippen molar-refractivity contribution in [3.05, 3.63) is 59.4 Å². The number of hydrogen-bond donors (Lipinski definition) is 3. The largest absolute Gasteiger partial charge is 0.497 e. The summed E-state index contributed by atoms with van der Waals surface area (Å²) in [5, 5.41) is 14.5. The number of fused-ring (bicyclic) bond motifs is 1. The van der Waals surface area contributed by atoms with Gasteiger partial charge in [0, 0.05) is 39.3 Å². The fourth-order valence-electron chi connectivity index (χ4n) is 4.93. The molecule has 2 unspecified atom stereocenters. The quantitative estimate of drug-likeness (QED) is 0.285. The molecule has 2 aromatic carbocycles. The third kappa shape index (κ3) is 4.39. The molecule has 0 spiro atoms. The van der Waals surface area contributed by atoms with Gasteiger partial charge in [-0.1, -0.05) is 6.07 Å². The molecule has 1 amide bonds. The highest BCUT2D eigenvalue weighted by Gasteiger charge is 2.41. The van der Waals surface area contributed by atoms with Crippen LogP contribution in [0.1, 0.15) is 41.0 Å². The molecule has 1 saturated carbocycles. The molecular formula is C26H26N6O4S. The van der Waals surface area contributed by atoms with E-state index in [1.165, 1.54) is 5.56 Å². The number of ether oxygens (including phenoxy) is 2. The van der Waals surface area contributed by atoms with Crippen LogP contribution in [0.2, 0.25) is 0 Å². The third-order valence-electron chi connectivity index (χ3n) is 7.06. The average molecular weight is 519 g/mol. The molecule has 2 aromatic heterocycles. The van der Waals surface area contributed by atoms with E-state index in [1.807, 2.05) is 24.3 Å². The second-order valence-electron chi connectivity index (χ2n) is 9.29. The zero-order chi connectivity index (χ0) is 25.5. The maximum Gasteiger partial charge on any atom is 0.257 e. The number of nitrogens with zero attached hydrogens (tertiary/aromatic N) is 3. The number of H-pyrrole nitrogens is 1. The summed E-state index contributed by atoms with van der Waals surface area (Å²) in [5.74, 6) is 4.27. The van der Waals surface area contributed by atoms with Crippen molar-refractivity contribution in [3.63, 3.8) is 0 Å². The number of carbonyl (C=O) groups is 1. The molecule has 1 aliphatic carbocycles. The monoisotopic (exact) mass is 518 g/mol. The van der Waals surface area contributed by atoms with Crippen molar-refractivity contribution < 1.29 is 18.5 Å². The van der Waals surface area contributed by atoms with E-state index in [0.717, 1.165) is 40.0 Å². The van der Waals surface area contributed by atoms with E-state index >= 15 is 0 Å². The van der Waals surface area contributed by atoms with Crippen molar-refractivity contribution in [2.24, 2.45) is 0 Å². The minimum Gasteiger partial charge on any atom is -0.497 e. The molecule has 0 bridgehead atoms. The first kappa shape index (κ1) is 23.4. The first-order valence-corrected chi connectivity index (χ1v) is 13.5. The predicted molar refractivity (Wildman–Crippen MR) is 141 cm³/mol. The lowest BCUT2D eigenvalue weighted by Crippen LogP contribution is -2.29. The van der Waals surface area contributed by atoms with E-state index < -0.39 is 10.8 Å². The van der Waals surface area contributed by atoms with Gasteiger partial charge in [-0.25, -0.2) is 9.97 Å². The van der Waals surface area contributed by atoms with Gasteiger partial charge in [0.2, 0.25) is 6.41 Å². The van der Waals surface area contributed by atoms with Gasteiger partial charge in [0.15, 0.2) is 11.6 Å². The summed E-state index contributed by atoms with van der Waals surface area (Å²) < 4.78 is 22.3. The van der Waals surface area contributed by atoms with Crippen LogP contribution in [-0.2, 0) is 15.6 Å². The lowest BCUT2D eigenvalue weighted by molar-refractivity contribution is -0.105. The van der Waals surface area contributed by atoms with Gasteiger partial charge in [0.05, 0.1) is 31.6 Å². The van der Waals surface area contributed by atoms with Crippen LogP contribution in [0.5, 0.6) is 11.6 Å². The van der Waals surface area contributed by atoms with E-state index in [1.54, 1.807) is 20.4 Å². The Morgan fingerprint density at radius 1 is 1.08 bits per heavy atom. The highest BCUT2D eigenvalue weighted by Crippen LogP contribution is 2.57. The Morgan fingerprint density at radius 3 is 2.70 bits per heavy atom. The Kier molecular flexibility index (Phi) is 5.99. The smallest absolute Gasteiger partial charge is 0.257 e.